The standard InChI is InChI=1S/C17H36N2/c1-8-17(7,12-18-16(4,5)6)13-19(11-14(2)3)15-9-10-15/h14-15,18H,8-13H2,1-7H3. The van der Waals surface area contributed by atoms with Crippen LogP contribution in [-0.2, 0) is 0 Å². The first-order chi connectivity index (χ1) is 8.65. The average molecular weight is 268 g/mol. The largest absolute Gasteiger partial charge is 0.311 e. The van der Waals surface area contributed by atoms with E-state index in [1.807, 2.05) is 0 Å². The van der Waals surface area contributed by atoms with Crippen molar-refractivity contribution < 1.29 is 0 Å². The van der Waals surface area contributed by atoms with Crippen LogP contribution in [0.15, 0.2) is 0 Å². The quantitative estimate of drug-likeness (QED) is 0.718. The van der Waals surface area contributed by atoms with Crippen molar-refractivity contribution in [1.29, 1.82) is 0 Å². The van der Waals surface area contributed by atoms with Gasteiger partial charge in [-0.25, -0.2) is 0 Å². The molecule has 1 rings (SSSR count). The molecule has 0 radical (unpaired) electrons. The molecule has 0 aromatic heterocycles. The summed E-state index contributed by atoms with van der Waals surface area (Å²) in [7, 11) is 0. The highest BCUT2D eigenvalue weighted by Crippen LogP contribution is 2.32. The van der Waals surface area contributed by atoms with Crippen molar-refractivity contribution >= 4 is 0 Å². The first kappa shape index (κ1) is 17.0. The normalized spacial score (nSPS) is 20.1. The van der Waals surface area contributed by atoms with Crippen LogP contribution in [0.5, 0.6) is 0 Å². The number of nitrogens with one attached hydrogen (secondary N) is 1. The predicted molar refractivity (Wildman–Crippen MR) is 85.6 cm³/mol. The van der Waals surface area contributed by atoms with Gasteiger partial charge in [-0.05, 0) is 51.4 Å². The molecule has 0 heterocycles. The number of nitrogens with zero attached hydrogens (tertiary/aromatic N) is 1. The molecule has 1 saturated carbocycles. The zero-order valence-electron chi connectivity index (χ0n) is 14.3. The van der Waals surface area contributed by atoms with Crippen LogP contribution in [0, 0.1) is 11.3 Å². The van der Waals surface area contributed by atoms with Crippen molar-refractivity contribution in [1.82, 2.24) is 10.2 Å². The Kier molecular flexibility index (Phi) is 5.88. The zero-order valence-corrected chi connectivity index (χ0v) is 14.3. The second kappa shape index (κ2) is 6.58. The Morgan fingerprint density at radius 3 is 2.11 bits per heavy atom. The van der Waals surface area contributed by atoms with E-state index in [1.165, 1.54) is 32.4 Å². The van der Waals surface area contributed by atoms with E-state index in [0.717, 1.165) is 18.5 Å². The minimum absolute atomic E-state index is 0.221. The molecule has 0 aliphatic heterocycles. The van der Waals surface area contributed by atoms with Crippen molar-refractivity contribution in [2.24, 2.45) is 11.3 Å². The maximum atomic E-state index is 3.70. The van der Waals surface area contributed by atoms with Gasteiger partial charge in [0.15, 0.2) is 0 Å². The summed E-state index contributed by atoms with van der Waals surface area (Å²) in [6, 6.07) is 0.878. The first-order valence-corrected chi connectivity index (χ1v) is 8.14. The zero-order chi connectivity index (χ0) is 14.7. The van der Waals surface area contributed by atoms with Gasteiger partial charge >= 0.3 is 0 Å². The lowest BCUT2D eigenvalue weighted by atomic mass is 9.85. The maximum absolute atomic E-state index is 3.70. The van der Waals surface area contributed by atoms with Crippen LogP contribution in [0.2, 0.25) is 0 Å². The van der Waals surface area contributed by atoms with Crippen LogP contribution in [0.4, 0.5) is 0 Å². The number of rotatable bonds is 8. The van der Waals surface area contributed by atoms with E-state index >= 15 is 0 Å². The third-order valence-electron chi connectivity index (χ3n) is 4.15. The molecule has 1 N–H and O–H groups in total. The summed E-state index contributed by atoms with van der Waals surface area (Å²) in [4.78, 5) is 2.75. The Morgan fingerprint density at radius 2 is 1.74 bits per heavy atom. The highest BCUT2D eigenvalue weighted by molar-refractivity contribution is 4.90. The monoisotopic (exact) mass is 268 g/mol. The summed E-state index contributed by atoms with van der Waals surface area (Å²) in [5.74, 6) is 0.775. The molecular formula is C17H36N2. The second-order valence-corrected chi connectivity index (χ2v) is 8.32. The maximum Gasteiger partial charge on any atom is 0.00967 e. The van der Waals surface area contributed by atoms with Crippen LogP contribution in [0.3, 0.4) is 0 Å². The van der Waals surface area contributed by atoms with Crippen molar-refractivity contribution in [3.63, 3.8) is 0 Å². The van der Waals surface area contributed by atoms with Gasteiger partial charge in [-0.15, -0.1) is 0 Å². The second-order valence-electron chi connectivity index (χ2n) is 8.32. The Bertz CT molecular complexity index is 263. The Balaban J connectivity index is 2.56. The average Bonchev–Trinajstić information content (AvgIpc) is 3.08. The van der Waals surface area contributed by atoms with Gasteiger partial charge in [0.1, 0.15) is 0 Å². The van der Waals surface area contributed by atoms with E-state index in [-0.39, 0.29) is 5.54 Å². The summed E-state index contributed by atoms with van der Waals surface area (Å²) in [6.45, 7) is 19.9. The van der Waals surface area contributed by atoms with Crippen molar-refractivity contribution in [2.45, 2.75) is 79.3 Å². The highest BCUT2D eigenvalue weighted by Gasteiger charge is 2.34. The Hall–Kier alpha value is -0.0800. The lowest BCUT2D eigenvalue weighted by molar-refractivity contribution is 0.128. The van der Waals surface area contributed by atoms with Gasteiger partial charge in [0.2, 0.25) is 0 Å². The van der Waals surface area contributed by atoms with Crippen molar-refractivity contribution in [2.75, 3.05) is 19.6 Å². The molecule has 2 heteroatoms. The molecule has 1 atom stereocenters. The van der Waals surface area contributed by atoms with Gasteiger partial charge in [-0.1, -0.05) is 27.7 Å². The van der Waals surface area contributed by atoms with E-state index in [2.05, 4.69) is 58.7 Å². The summed E-state index contributed by atoms with van der Waals surface area (Å²) in [5.41, 5.74) is 0.615. The molecule has 1 aliphatic carbocycles. The van der Waals surface area contributed by atoms with Gasteiger partial charge in [-0.3, -0.25) is 4.90 Å². The molecule has 0 amide bonds. The Labute approximate surface area is 121 Å². The van der Waals surface area contributed by atoms with Crippen molar-refractivity contribution in [3.05, 3.63) is 0 Å². The van der Waals surface area contributed by atoms with Crippen LogP contribution < -0.4 is 5.32 Å². The molecule has 114 valence electrons. The molecule has 0 aromatic rings. The summed E-state index contributed by atoms with van der Waals surface area (Å²) >= 11 is 0. The SMILES string of the molecule is CCC(C)(CNC(C)(C)C)CN(CC(C)C)C1CC1. The highest BCUT2D eigenvalue weighted by atomic mass is 15.2. The molecule has 19 heavy (non-hydrogen) atoms. The van der Waals surface area contributed by atoms with E-state index in [1.54, 1.807) is 0 Å². The summed E-state index contributed by atoms with van der Waals surface area (Å²) in [5, 5.41) is 3.70. The topological polar surface area (TPSA) is 15.3 Å². The van der Waals surface area contributed by atoms with E-state index < -0.39 is 0 Å². The minimum Gasteiger partial charge on any atom is -0.311 e. The van der Waals surface area contributed by atoms with E-state index in [4.69, 9.17) is 0 Å². The predicted octanol–water partition coefficient (Wildman–Crippen LogP) is 3.91. The van der Waals surface area contributed by atoms with Crippen molar-refractivity contribution in [3.8, 4) is 0 Å². The molecular weight excluding hydrogens is 232 g/mol. The smallest absolute Gasteiger partial charge is 0.00967 e. The van der Waals surface area contributed by atoms with Gasteiger partial charge in [-0.2, -0.15) is 0 Å². The van der Waals surface area contributed by atoms with Gasteiger partial charge in [0.25, 0.3) is 0 Å². The van der Waals surface area contributed by atoms with Gasteiger partial charge in [0, 0.05) is 31.2 Å². The molecule has 0 aromatic carbocycles. The third kappa shape index (κ3) is 6.76. The fraction of sp³-hybridized carbons (Fsp3) is 1.00. The number of hydrogen-bond acceptors (Lipinski definition) is 2. The molecule has 1 fully saturated rings. The molecule has 0 saturated heterocycles. The lowest BCUT2D eigenvalue weighted by Gasteiger charge is -2.38. The number of hydrogen-bond donors (Lipinski definition) is 1. The molecule has 0 spiro atoms. The van der Waals surface area contributed by atoms with E-state index in [0.29, 0.717) is 5.41 Å². The Morgan fingerprint density at radius 1 is 1.16 bits per heavy atom. The third-order valence-corrected chi connectivity index (χ3v) is 4.15. The van der Waals surface area contributed by atoms with Gasteiger partial charge < -0.3 is 5.32 Å². The molecule has 1 aliphatic rings. The molecule has 1 unspecified atom stereocenters. The van der Waals surface area contributed by atoms with E-state index in [9.17, 15) is 0 Å². The minimum atomic E-state index is 0.221. The molecule has 0 bridgehead atoms. The lowest BCUT2D eigenvalue weighted by Crippen LogP contribution is -2.48. The fourth-order valence-corrected chi connectivity index (χ4v) is 2.51. The summed E-state index contributed by atoms with van der Waals surface area (Å²) in [6.07, 6.45) is 4.08. The summed E-state index contributed by atoms with van der Waals surface area (Å²) < 4.78 is 0. The van der Waals surface area contributed by atoms with Crippen LogP contribution in [-0.4, -0.2) is 36.1 Å². The van der Waals surface area contributed by atoms with Gasteiger partial charge in [0.05, 0.1) is 0 Å². The van der Waals surface area contributed by atoms with Crippen LogP contribution >= 0.6 is 0 Å². The fourth-order valence-electron chi connectivity index (χ4n) is 2.51. The molecule has 2 nitrogen and oxygen atoms in total. The first-order valence-electron chi connectivity index (χ1n) is 8.14. The van der Waals surface area contributed by atoms with Crippen LogP contribution in [0.1, 0.15) is 67.7 Å². The van der Waals surface area contributed by atoms with Crippen LogP contribution in [0.25, 0.3) is 0 Å².